The number of benzene rings is 4. The monoisotopic (exact) mass is 536 g/mol. The molecule has 0 atom stereocenters. The Morgan fingerprint density at radius 1 is 0.684 bits per heavy atom. The molecule has 0 unspecified atom stereocenters. The molecule has 0 aliphatic heterocycles. The van der Waals surface area contributed by atoms with Crippen LogP contribution in [0.25, 0.3) is 0 Å². The molecule has 4 aromatic carbocycles. The molecule has 0 fully saturated rings. The average Bonchev–Trinajstić information content (AvgIpc) is 2.93. The summed E-state index contributed by atoms with van der Waals surface area (Å²) in [6, 6.07) is 20.2. The third-order valence-corrected chi connectivity index (χ3v) is 6.09. The summed E-state index contributed by atoms with van der Waals surface area (Å²) >= 11 is 0. The zero-order valence-corrected chi connectivity index (χ0v) is 20.5. The van der Waals surface area contributed by atoms with Crippen molar-refractivity contribution >= 4 is 22.0 Å². The van der Waals surface area contributed by atoms with Gasteiger partial charge in [0.2, 0.25) is 17.2 Å². The standard InChI is InChI=1S/C27H20O10S/c1-35-18-12-13-19(23(29)16-8-4-2-5-9-16)22(14-18)36-38(33,34)37-27-20(15-21(28)25(31)26(27)32)24(30)17-10-6-3-7-11-17/h2-15,28,31-32H,1H3. The van der Waals surface area contributed by atoms with E-state index in [1.165, 1.54) is 43.5 Å². The van der Waals surface area contributed by atoms with Crippen molar-refractivity contribution in [1.29, 1.82) is 0 Å². The lowest BCUT2D eigenvalue weighted by molar-refractivity contribution is 0.102. The second-order valence-electron chi connectivity index (χ2n) is 7.80. The maximum atomic E-state index is 13.0. The molecule has 0 aliphatic rings. The van der Waals surface area contributed by atoms with E-state index >= 15 is 0 Å². The zero-order valence-electron chi connectivity index (χ0n) is 19.7. The normalized spacial score (nSPS) is 11.0. The zero-order chi connectivity index (χ0) is 27.4. The molecular weight excluding hydrogens is 516 g/mol. The number of ether oxygens (including phenoxy) is 1. The van der Waals surface area contributed by atoms with Gasteiger partial charge < -0.3 is 28.4 Å². The molecule has 0 radical (unpaired) electrons. The number of phenolic OH excluding ortho intramolecular Hbond substituents is 3. The van der Waals surface area contributed by atoms with Crippen molar-refractivity contribution in [1.82, 2.24) is 0 Å². The molecule has 0 heterocycles. The predicted molar refractivity (Wildman–Crippen MR) is 134 cm³/mol. The molecule has 0 saturated heterocycles. The molecule has 10 nitrogen and oxygen atoms in total. The van der Waals surface area contributed by atoms with Gasteiger partial charge in [0.1, 0.15) is 5.75 Å². The summed E-state index contributed by atoms with van der Waals surface area (Å²) < 4.78 is 41.0. The topological polar surface area (TPSA) is 157 Å². The van der Waals surface area contributed by atoms with Gasteiger partial charge in [0, 0.05) is 17.2 Å². The maximum absolute atomic E-state index is 13.0. The first-order valence-electron chi connectivity index (χ1n) is 10.9. The minimum Gasteiger partial charge on any atom is -0.504 e. The van der Waals surface area contributed by atoms with Gasteiger partial charge in [-0.15, -0.1) is 8.42 Å². The molecule has 0 aliphatic carbocycles. The van der Waals surface area contributed by atoms with Crippen LogP contribution < -0.4 is 13.1 Å². The van der Waals surface area contributed by atoms with Crippen LogP contribution in [0, 0.1) is 0 Å². The third-order valence-electron chi connectivity index (χ3n) is 5.33. The Morgan fingerprint density at radius 3 is 1.79 bits per heavy atom. The lowest BCUT2D eigenvalue weighted by Gasteiger charge is -2.16. The fourth-order valence-electron chi connectivity index (χ4n) is 3.49. The number of methoxy groups -OCH3 is 1. The number of ketones is 2. The van der Waals surface area contributed by atoms with Crippen molar-refractivity contribution in [2.45, 2.75) is 0 Å². The molecular formula is C27H20O10S. The van der Waals surface area contributed by atoms with Crippen LogP contribution in [-0.4, -0.2) is 42.4 Å². The van der Waals surface area contributed by atoms with E-state index in [4.69, 9.17) is 13.1 Å². The van der Waals surface area contributed by atoms with Gasteiger partial charge in [-0.25, -0.2) is 0 Å². The number of hydrogen-bond acceptors (Lipinski definition) is 10. The summed E-state index contributed by atoms with van der Waals surface area (Å²) in [6.45, 7) is 0. The Labute approximate surface area is 217 Å². The second-order valence-corrected chi connectivity index (χ2v) is 8.95. The second kappa shape index (κ2) is 10.5. The molecule has 3 N–H and O–H groups in total. The van der Waals surface area contributed by atoms with Crippen molar-refractivity contribution in [3.05, 3.63) is 107 Å². The molecule has 11 heteroatoms. The van der Waals surface area contributed by atoms with E-state index in [1.807, 2.05) is 0 Å². The summed E-state index contributed by atoms with van der Waals surface area (Å²) in [7, 11) is -3.83. The van der Waals surface area contributed by atoms with Gasteiger partial charge >= 0.3 is 10.4 Å². The first kappa shape index (κ1) is 26.0. The molecule has 0 aromatic heterocycles. The van der Waals surface area contributed by atoms with Crippen LogP contribution in [0.2, 0.25) is 0 Å². The fourth-order valence-corrected chi connectivity index (χ4v) is 4.25. The van der Waals surface area contributed by atoms with Crippen molar-refractivity contribution in [3.63, 3.8) is 0 Å². The fraction of sp³-hybridized carbons (Fsp3) is 0.0370. The molecule has 0 amide bonds. The van der Waals surface area contributed by atoms with Crippen molar-refractivity contribution in [3.8, 4) is 34.5 Å². The van der Waals surface area contributed by atoms with Gasteiger partial charge in [0.15, 0.2) is 23.1 Å². The highest BCUT2D eigenvalue weighted by Crippen LogP contribution is 2.46. The summed E-state index contributed by atoms with van der Waals surface area (Å²) in [5.74, 6) is -5.93. The SMILES string of the molecule is COc1ccc(C(=O)c2ccccc2)c(OS(=O)(=O)Oc2c(C(=O)c3ccccc3)cc(O)c(O)c2O)c1. The van der Waals surface area contributed by atoms with Gasteiger partial charge in [-0.2, -0.15) is 0 Å². The highest BCUT2D eigenvalue weighted by Gasteiger charge is 2.30. The van der Waals surface area contributed by atoms with Crippen LogP contribution >= 0.6 is 0 Å². The van der Waals surface area contributed by atoms with Gasteiger partial charge in [-0.05, 0) is 18.2 Å². The molecule has 4 aromatic rings. The number of phenols is 3. The van der Waals surface area contributed by atoms with Crippen molar-refractivity contribution in [2.75, 3.05) is 7.11 Å². The number of carbonyl (C=O) groups excluding carboxylic acids is 2. The van der Waals surface area contributed by atoms with Crippen LogP contribution in [0.15, 0.2) is 84.9 Å². The lowest BCUT2D eigenvalue weighted by atomic mass is 10.0. The van der Waals surface area contributed by atoms with E-state index in [9.17, 15) is 33.3 Å². The van der Waals surface area contributed by atoms with Crippen molar-refractivity contribution in [2.24, 2.45) is 0 Å². The largest absolute Gasteiger partial charge is 0.504 e. The third kappa shape index (κ3) is 5.37. The van der Waals surface area contributed by atoms with Crippen LogP contribution in [0.5, 0.6) is 34.5 Å². The van der Waals surface area contributed by atoms with Gasteiger partial charge in [-0.3, -0.25) is 9.59 Å². The highest BCUT2D eigenvalue weighted by atomic mass is 32.3. The first-order chi connectivity index (χ1) is 18.1. The predicted octanol–water partition coefficient (Wildman–Crippen LogP) is 3.98. The quantitative estimate of drug-likeness (QED) is 0.211. The molecule has 0 spiro atoms. The van der Waals surface area contributed by atoms with Crippen LogP contribution in [0.4, 0.5) is 0 Å². The molecule has 0 bridgehead atoms. The molecule has 0 saturated carbocycles. The molecule has 4 rings (SSSR count). The van der Waals surface area contributed by atoms with E-state index in [1.54, 1.807) is 36.4 Å². The first-order valence-corrected chi connectivity index (χ1v) is 12.2. The Kier molecular flexibility index (Phi) is 7.22. The van der Waals surface area contributed by atoms with E-state index in [0.717, 1.165) is 12.1 Å². The Balaban J connectivity index is 1.75. The number of hydrogen-bond donors (Lipinski definition) is 3. The maximum Gasteiger partial charge on any atom is 0.501 e. The number of aromatic hydroxyl groups is 3. The van der Waals surface area contributed by atoms with Crippen LogP contribution in [0.3, 0.4) is 0 Å². The van der Waals surface area contributed by atoms with E-state index in [2.05, 4.69) is 0 Å². The molecule has 38 heavy (non-hydrogen) atoms. The molecule has 194 valence electrons. The van der Waals surface area contributed by atoms with Crippen molar-refractivity contribution < 1.29 is 46.4 Å². The minimum atomic E-state index is -5.15. The Bertz CT molecular complexity index is 1620. The summed E-state index contributed by atoms with van der Waals surface area (Å²) in [5.41, 5.74) is -0.411. The lowest BCUT2D eigenvalue weighted by Crippen LogP contribution is -2.20. The summed E-state index contributed by atoms with van der Waals surface area (Å²) in [5, 5.41) is 30.3. The Hall–Kier alpha value is -5.03. The van der Waals surface area contributed by atoms with E-state index < -0.39 is 56.3 Å². The summed E-state index contributed by atoms with van der Waals surface area (Å²) in [4.78, 5) is 26.1. The highest BCUT2D eigenvalue weighted by molar-refractivity contribution is 7.82. The van der Waals surface area contributed by atoms with Gasteiger partial charge in [0.25, 0.3) is 0 Å². The number of carbonyl (C=O) groups is 2. The number of rotatable bonds is 9. The van der Waals surface area contributed by atoms with Gasteiger partial charge in [0.05, 0.1) is 18.2 Å². The van der Waals surface area contributed by atoms with E-state index in [0.29, 0.717) is 0 Å². The summed E-state index contributed by atoms with van der Waals surface area (Å²) in [6.07, 6.45) is 0. The smallest absolute Gasteiger partial charge is 0.501 e. The van der Waals surface area contributed by atoms with Crippen LogP contribution in [-0.2, 0) is 10.4 Å². The Morgan fingerprint density at radius 2 is 1.24 bits per heavy atom. The average molecular weight is 537 g/mol. The van der Waals surface area contributed by atoms with Crippen LogP contribution in [0.1, 0.15) is 31.8 Å². The minimum absolute atomic E-state index is 0.0729. The van der Waals surface area contributed by atoms with Gasteiger partial charge in [-0.1, -0.05) is 60.7 Å². The van der Waals surface area contributed by atoms with E-state index in [-0.39, 0.29) is 22.4 Å².